The molecule has 0 aromatic rings. The number of aliphatic imine (C=N–C) groups is 2. The van der Waals surface area contributed by atoms with Gasteiger partial charge in [-0.15, -0.1) is 0 Å². The monoisotopic (exact) mass is 236 g/mol. The van der Waals surface area contributed by atoms with Crippen molar-refractivity contribution in [2.45, 2.75) is 31.5 Å². The van der Waals surface area contributed by atoms with Crippen LogP contribution in [0.4, 0.5) is 0 Å². The molecule has 2 heterocycles. The number of rotatable bonds is 3. The molecule has 5 heteroatoms. The summed E-state index contributed by atoms with van der Waals surface area (Å²) in [6.07, 6.45) is 5.73. The van der Waals surface area contributed by atoms with Crippen molar-refractivity contribution < 1.29 is 5.11 Å². The number of aliphatic hydroxyl groups is 1. The first-order valence-corrected chi connectivity index (χ1v) is 5.91. The van der Waals surface area contributed by atoms with Crippen LogP contribution in [0.1, 0.15) is 13.8 Å². The van der Waals surface area contributed by atoms with E-state index in [0.29, 0.717) is 6.67 Å². The van der Waals surface area contributed by atoms with Gasteiger partial charge in [0.15, 0.2) is 0 Å². The first-order chi connectivity index (χ1) is 8.04. The van der Waals surface area contributed by atoms with E-state index in [1.54, 1.807) is 20.0 Å². The van der Waals surface area contributed by atoms with Gasteiger partial charge in [-0.05, 0) is 27.0 Å². The first kappa shape index (κ1) is 12.4. The molecule has 0 saturated carbocycles. The maximum Gasteiger partial charge on any atom is 0.0889 e. The molecule has 2 rings (SSSR count). The van der Waals surface area contributed by atoms with Crippen LogP contribution in [0.3, 0.4) is 0 Å². The Kier molecular flexibility index (Phi) is 3.42. The zero-order valence-electron chi connectivity index (χ0n) is 10.5. The van der Waals surface area contributed by atoms with Crippen LogP contribution in [-0.2, 0) is 0 Å². The van der Waals surface area contributed by atoms with Gasteiger partial charge in [-0.1, -0.05) is 0 Å². The Morgan fingerprint density at radius 3 is 3.00 bits per heavy atom. The molecule has 17 heavy (non-hydrogen) atoms. The maximum absolute atomic E-state index is 10.2. The average Bonchev–Trinajstić information content (AvgIpc) is 2.28. The van der Waals surface area contributed by atoms with Gasteiger partial charge in [-0.25, -0.2) is 0 Å². The van der Waals surface area contributed by atoms with Crippen molar-refractivity contribution in [3.8, 4) is 0 Å². The minimum Gasteiger partial charge on any atom is -0.388 e. The van der Waals surface area contributed by atoms with E-state index in [1.807, 2.05) is 19.3 Å². The normalized spacial score (nSPS) is 29.8. The van der Waals surface area contributed by atoms with Crippen LogP contribution in [-0.4, -0.2) is 48.4 Å². The van der Waals surface area contributed by atoms with Crippen molar-refractivity contribution in [1.82, 2.24) is 10.6 Å². The van der Waals surface area contributed by atoms with Crippen LogP contribution in [0, 0.1) is 5.92 Å². The van der Waals surface area contributed by atoms with Gasteiger partial charge >= 0.3 is 0 Å². The molecule has 0 aromatic carbocycles. The first-order valence-electron chi connectivity index (χ1n) is 5.91. The SMILES string of the molecule is CNC(C1=NCNC2C=CN=CC12)C(C)(C)O. The van der Waals surface area contributed by atoms with E-state index in [-0.39, 0.29) is 18.0 Å². The van der Waals surface area contributed by atoms with Crippen LogP contribution < -0.4 is 10.6 Å². The summed E-state index contributed by atoms with van der Waals surface area (Å²) in [5, 5.41) is 16.7. The number of hydrogen-bond donors (Lipinski definition) is 3. The van der Waals surface area contributed by atoms with Crippen molar-refractivity contribution in [2.24, 2.45) is 15.9 Å². The van der Waals surface area contributed by atoms with Gasteiger partial charge in [0, 0.05) is 24.2 Å². The maximum atomic E-state index is 10.2. The molecule has 0 aliphatic carbocycles. The Hall–Kier alpha value is -1.04. The van der Waals surface area contributed by atoms with E-state index < -0.39 is 5.60 Å². The van der Waals surface area contributed by atoms with Crippen LogP contribution in [0.15, 0.2) is 22.3 Å². The Morgan fingerprint density at radius 1 is 1.59 bits per heavy atom. The van der Waals surface area contributed by atoms with Gasteiger partial charge in [0.25, 0.3) is 0 Å². The molecule has 0 fully saturated rings. The quantitative estimate of drug-likeness (QED) is 0.642. The molecule has 2 aliphatic rings. The predicted molar refractivity (Wildman–Crippen MR) is 69.5 cm³/mol. The average molecular weight is 236 g/mol. The van der Waals surface area contributed by atoms with Crippen molar-refractivity contribution in [3.05, 3.63) is 12.3 Å². The largest absolute Gasteiger partial charge is 0.388 e. The lowest BCUT2D eigenvalue weighted by molar-refractivity contribution is 0.0617. The second kappa shape index (κ2) is 4.68. The minimum absolute atomic E-state index is 0.123. The summed E-state index contributed by atoms with van der Waals surface area (Å²) in [5.74, 6) is 0.123. The molecule has 0 radical (unpaired) electrons. The van der Waals surface area contributed by atoms with E-state index in [9.17, 15) is 5.11 Å². The smallest absolute Gasteiger partial charge is 0.0889 e. The third kappa shape index (κ3) is 2.46. The van der Waals surface area contributed by atoms with Gasteiger partial charge in [0.2, 0.25) is 0 Å². The van der Waals surface area contributed by atoms with Crippen LogP contribution in [0.5, 0.6) is 0 Å². The molecule has 0 saturated heterocycles. The fourth-order valence-corrected chi connectivity index (χ4v) is 2.45. The molecule has 0 aromatic heterocycles. The van der Waals surface area contributed by atoms with E-state index >= 15 is 0 Å². The van der Waals surface area contributed by atoms with Gasteiger partial charge < -0.3 is 10.4 Å². The minimum atomic E-state index is -0.843. The second-order valence-electron chi connectivity index (χ2n) is 5.01. The van der Waals surface area contributed by atoms with E-state index in [0.717, 1.165) is 5.71 Å². The van der Waals surface area contributed by atoms with E-state index in [4.69, 9.17) is 0 Å². The highest BCUT2D eigenvalue weighted by Crippen LogP contribution is 2.21. The van der Waals surface area contributed by atoms with Crippen LogP contribution >= 0.6 is 0 Å². The molecular formula is C12H20N4O. The third-order valence-corrected chi connectivity index (χ3v) is 3.23. The summed E-state index contributed by atoms with van der Waals surface area (Å²) in [7, 11) is 1.85. The number of nitrogens with one attached hydrogen (secondary N) is 2. The summed E-state index contributed by atoms with van der Waals surface area (Å²) < 4.78 is 0. The Morgan fingerprint density at radius 2 is 2.35 bits per heavy atom. The van der Waals surface area contributed by atoms with E-state index in [1.165, 1.54) is 0 Å². The van der Waals surface area contributed by atoms with Gasteiger partial charge in [0.05, 0.1) is 24.2 Å². The van der Waals surface area contributed by atoms with Gasteiger partial charge in [-0.2, -0.15) is 0 Å². The summed E-state index contributed by atoms with van der Waals surface area (Å²) in [6.45, 7) is 4.18. The van der Waals surface area contributed by atoms with Gasteiger partial charge in [0.1, 0.15) is 0 Å². The fraction of sp³-hybridized carbons (Fsp3) is 0.667. The zero-order chi connectivity index (χ0) is 12.5. The van der Waals surface area contributed by atoms with Crippen LogP contribution in [0.25, 0.3) is 0 Å². The summed E-state index contributed by atoms with van der Waals surface area (Å²) in [5.41, 5.74) is 0.127. The summed E-state index contributed by atoms with van der Waals surface area (Å²) >= 11 is 0. The molecule has 3 atom stereocenters. The molecule has 3 unspecified atom stereocenters. The summed E-state index contributed by atoms with van der Waals surface area (Å²) in [6, 6.07) is 0.0771. The highest BCUT2D eigenvalue weighted by molar-refractivity contribution is 6.04. The number of fused-ring (bicyclic) bond motifs is 1. The van der Waals surface area contributed by atoms with Gasteiger partial charge in [-0.3, -0.25) is 15.3 Å². The van der Waals surface area contributed by atoms with Crippen LogP contribution in [0.2, 0.25) is 0 Å². The predicted octanol–water partition coefficient (Wildman–Crippen LogP) is -0.0701. The summed E-state index contributed by atoms with van der Waals surface area (Å²) in [4.78, 5) is 8.68. The molecule has 0 bridgehead atoms. The molecule has 0 amide bonds. The Labute approximate surface area is 102 Å². The molecule has 5 nitrogen and oxygen atoms in total. The third-order valence-electron chi connectivity index (χ3n) is 3.23. The molecule has 3 N–H and O–H groups in total. The Bertz CT molecular complexity index is 367. The lowest BCUT2D eigenvalue weighted by Gasteiger charge is -2.38. The molecular weight excluding hydrogens is 216 g/mol. The van der Waals surface area contributed by atoms with Crippen molar-refractivity contribution in [2.75, 3.05) is 13.7 Å². The molecule has 0 spiro atoms. The number of nitrogens with zero attached hydrogens (tertiary/aromatic N) is 2. The van der Waals surface area contributed by atoms with Crippen molar-refractivity contribution in [1.29, 1.82) is 0 Å². The lowest BCUT2D eigenvalue weighted by Crippen LogP contribution is -2.58. The second-order valence-corrected chi connectivity index (χ2v) is 5.01. The van der Waals surface area contributed by atoms with Crippen molar-refractivity contribution in [3.63, 3.8) is 0 Å². The highest BCUT2D eigenvalue weighted by Gasteiger charge is 2.38. The van der Waals surface area contributed by atoms with Crippen molar-refractivity contribution >= 4 is 11.9 Å². The topological polar surface area (TPSA) is 69.0 Å². The molecule has 94 valence electrons. The molecule has 2 aliphatic heterocycles. The van der Waals surface area contributed by atoms with E-state index in [2.05, 4.69) is 20.6 Å². The highest BCUT2D eigenvalue weighted by atomic mass is 16.3. The lowest BCUT2D eigenvalue weighted by atomic mass is 9.82. The number of hydrogen-bond acceptors (Lipinski definition) is 5. The standard InChI is InChI=1S/C12H20N4O/c1-12(2,17)11(13-3)10-8-6-14-5-4-9(8)15-7-16-10/h4-6,8-9,11,13,15,17H,7H2,1-3H3. The number of likely N-dealkylation sites (N-methyl/N-ethyl adjacent to an activating group) is 1. The fourth-order valence-electron chi connectivity index (χ4n) is 2.45. The zero-order valence-corrected chi connectivity index (χ0v) is 10.5. The Balaban J connectivity index is 2.27.